The summed E-state index contributed by atoms with van der Waals surface area (Å²) in [5, 5.41) is 11.5. The summed E-state index contributed by atoms with van der Waals surface area (Å²) in [6.45, 7) is -3.15. The Morgan fingerprint density at radius 1 is 1.47 bits per heavy atom. The van der Waals surface area contributed by atoms with E-state index in [4.69, 9.17) is 2.74 Å². The highest BCUT2D eigenvalue weighted by Crippen LogP contribution is 2.45. The molecule has 1 aromatic rings. The van der Waals surface area contributed by atoms with Crippen molar-refractivity contribution in [2.75, 3.05) is 11.8 Å². The summed E-state index contributed by atoms with van der Waals surface area (Å²) >= 11 is 0. The van der Waals surface area contributed by atoms with E-state index in [0.717, 1.165) is 12.1 Å². The average Bonchev–Trinajstić information content (AvgIpc) is 2.36. The fourth-order valence-corrected chi connectivity index (χ4v) is 1.37. The molecule has 2 N–H and O–H groups in total. The Hall–Kier alpha value is -1.30. The summed E-state index contributed by atoms with van der Waals surface area (Å²) in [7, 11) is 0. The lowest BCUT2D eigenvalue weighted by Crippen LogP contribution is -2.43. The smallest absolute Gasteiger partial charge is 0.381 e. The lowest BCUT2D eigenvalue weighted by atomic mass is 9.95. The second-order valence-electron chi connectivity index (χ2n) is 3.15. The van der Waals surface area contributed by atoms with E-state index in [2.05, 4.69) is 0 Å². The van der Waals surface area contributed by atoms with Crippen molar-refractivity contribution < 1.29 is 25.4 Å². The zero-order chi connectivity index (χ0) is 13.1. The lowest BCUT2D eigenvalue weighted by molar-refractivity contribution is -0.258. The first-order valence-electron chi connectivity index (χ1n) is 4.97. The van der Waals surface area contributed by atoms with Crippen molar-refractivity contribution in [3.05, 3.63) is 29.6 Å². The van der Waals surface area contributed by atoms with Gasteiger partial charge in [-0.3, -0.25) is 0 Å². The van der Waals surface area contributed by atoms with Gasteiger partial charge in [-0.15, -0.1) is 0 Å². The van der Waals surface area contributed by atoms with Crippen molar-refractivity contribution in [1.82, 2.24) is 0 Å². The molecule has 2 nitrogen and oxygen atoms in total. The van der Waals surface area contributed by atoms with Crippen LogP contribution in [0.1, 0.15) is 8.30 Å². The molecular formula is C9H7F4NO. The molecule has 1 aliphatic heterocycles. The molecule has 0 bridgehead atoms. The highest BCUT2D eigenvalue weighted by atomic mass is 19.4. The van der Waals surface area contributed by atoms with Gasteiger partial charge in [0.05, 0.1) is 9.24 Å². The summed E-state index contributed by atoms with van der Waals surface area (Å²) < 4.78 is 65.7. The van der Waals surface area contributed by atoms with Gasteiger partial charge in [0, 0.05) is 11.3 Å². The SMILES string of the molecule is [2H]C1([2H])Nc2ccc(F)cc2C1(O)C(F)(F)F. The standard InChI is InChI=1S/C9H7F4NO/c10-5-1-2-7-6(3-5)8(15,4-14-7)9(11,12)13/h1-3,14-15H,4H2/i4D2. The first-order valence-corrected chi connectivity index (χ1v) is 3.97. The molecule has 0 amide bonds. The fourth-order valence-electron chi connectivity index (χ4n) is 1.37. The van der Waals surface area contributed by atoms with Gasteiger partial charge in [-0.05, 0) is 18.2 Å². The highest BCUT2D eigenvalue weighted by molar-refractivity contribution is 5.59. The lowest BCUT2D eigenvalue weighted by Gasteiger charge is -2.25. The van der Waals surface area contributed by atoms with E-state index in [0.29, 0.717) is 6.07 Å². The number of β-amino-alcohol motifs (C(OH)–C–C–N with tert-alkyl or cyclic N) is 1. The molecule has 1 unspecified atom stereocenters. The highest BCUT2D eigenvalue weighted by Gasteiger charge is 2.58. The van der Waals surface area contributed by atoms with Crippen LogP contribution in [0.2, 0.25) is 0 Å². The molecule has 0 radical (unpaired) electrons. The number of halogens is 4. The van der Waals surface area contributed by atoms with E-state index < -0.39 is 29.7 Å². The minimum absolute atomic E-state index is 0.281. The quantitative estimate of drug-likeness (QED) is 0.659. The summed E-state index contributed by atoms with van der Waals surface area (Å²) in [5.74, 6) is -0.981. The van der Waals surface area contributed by atoms with E-state index in [9.17, 15) is 22.7 Å². The monoisotopic (exact) mass is 223 g/mol. The number of hydrogen-bond donors (Lipinski definition) is 2. The van der Waals surface area contributed by atoms with Crippen LogP contribution in [-0.2, 0) is 5.60 Å². The Labute approximate surface area is 85.3 Å². The zero-order valence-electron chi connectivity index (χ0n) is 9.19. The largest absolute Gasteiger partial charge is 0.423 e. The molecule has 82 valence electrons. The molecule has 1 aromatic carbocycles. The number of alkyl halides is 3. The van der Waals surface area contributed by atoms with Crippen molar-refractivity contribution in [3.8, 4) is 0 Å². The zero-order valence-corrected chi connectivity index (χ0v) is 7.19. The number of anilines is 1. The van der Waals surface area contributed by atoms with Crippen LogP contribution in [0, 0.1) is 5.82 Å². The van der Waals surface area contributed by atoms with Crippen LogP contribution in [0.3, 0.4) is 0 Å². The first-order chi connectivity index (χ1) is 7.59. The van der Waals surface area contributed by atoms with Gasteiger partial charge in [0.15, 0.2) is 0 Å². The molecule has 1 heterocycles. The average molecular weight is 223 g/mol. The van der Waals surface area contributed by atoms with Crippen molar-refractivity contribution in [1.29, 1.82) is 0 Å². The second-order valence-corrected chi connectivity index (χ2v) is 3.15. The van der Waals surface area contributed by atoms with Gasteiger partial charge in [0.1, 0.15) is 5.82 Å². The molecule has 15 heavy (non-hydrogen) atoms. The Morgan fingerprint density at radius 3 is 2.73 bits per heavy atom. The van der Waals surface area contributed by atoms with E-state index in [1.807, 2.05) is 5.32 Å². The number of rotatable bonds is 0. The van der Waals surface area contributed by atoms with Crippen LogP contribution in [0.25, 0.3) is 0 Å². The Balaban J connectivity index is 2.71. The van der Waals surface area contributed by atoms with Crippen LogP contribution in [0.4, 0.5) is 23.2 Å². The normalized spacial score (nSPS) is 30.2. The summed E-state index contributed by atoms with van der Waals surface area (Å²) in [4.78, 5) is 0. The molecule has 2 rings (SSSR count). The van der Waals surface area contributed by atoms with Gasteiger partial charge in [-0.25, -0.2) is 4.39 Å². The maximum absolute atomic E-state index is 12.9. The summed E-state index contributed by atoms with van der Waals surface area (Å²) in [6.07, 6.45) is -5.26. The third-order valence-electron chi connectivity index (χ3n) is 2.16. The van der Waals surface area contributed by atoms with Gasteiger partial charge in [0.25, 0.3) is 0 Å². The van der Waals surface area contributed by atoms with Crippen molar-refractivity contribution in [2.45, 2.75) is 11.8 Å². The molecule has 0 spiro atoms. The fraction of sp³-hybridized carbons (Fsp3) is 0.333. The third kappa shape index (κ3) is 1.36. The molecule has 1 atom stereocenters. The number of aliphatic hydroxyl groups is 1. The third-order valence-corrected chi connectivity index (χ3v) is 2.16. The number of hydrogen-bond acceptors (Lipinski definition) is 2. The van der Waals surface area contributed by atoms with Gasteiger partial charge in [-0.1, -0.05) is 0 Å². The Morgan fingerprint density at radius 2 is 2.13 bits per heavy atom. The minimum Gasteiger partial charge on any atom is -0.381 e. The molecule has 0 aliphatic carbocycles. The molecular weight excluding hydrogens is 214 g/mol. The molecule has 0 fully saturated rings. The van der Waals surface area contributed by atoms with Crippen molar-refractivity contribution in [2.24, 2.45) is 0 Å². The van der Waals surface area contributed by atoms with E-state index >= 15 is 0 Å². The first kappa shape index (κ1) is 7.92. The topological polar surface area (TPSA) is 32.3 Å². The maximum Gasteiger partial charge on any atom is 0.423 e. The van der Waals surface area contributed by atoms with Crippen molar-refractivity contribution >= 4 is 5.69 Å². The number of nitrogens with one attached hydrogen (secondary N) is 1. The van der Waals surface area contributed by atoms with Crippen LogP contribution in [0.5, 0.6) is 0 Å². The van der Waals surface area contributed by atoms with Crippen LogP contribution >= 0.6 is 0 Å². The molecule has 0 aromatic heterocycles. The van der Waals surface area contributed by atoms with Gasteiger partial charge in [0.2, 0.25) is 5.60 Å². The van der Waals surface area contributed by atoms with E-state index in [-0.39, 0.29) is 5.69 Å². The van der Waals surface area contributed by atoms with Crippen LogP contribution in [0.15, 0.2) is 18.2 Å². The Kier molecular flexibility index (Phi) is 1.51. The molecule has 0 saturated carbocycles. The Bertz CT molecular complexity index is 477. The second kappa shape index (κ2) is 2.85. The summed E-state index contributed by atoms with van der Waals surface area (Å²) in [6, 6.07) is 2.30. The van der Waals surface area contributed by atoms with Gasteiger partial charge >= 0.3 is 6.18 Å². The van der Waals surface area contributed by atoms with E-state index in [1.54, 1.807) is 0 Å². The molecule has 1 aliphatic rings. The van der Waals surface area contributed by atoms with Crippen LogP contribution in [-0.4, -0.2) is 17.8 Å². The predicted octanol–water partition coefficient (Wildman–Crippen LogP) is 2.00. The van der Waals surface area contributed by atoms with Gasteiger partial charge < -0.3 is 10.4 Å². The summed E-state index contributed by atoms with van der Waals surface area (Å²) in [5.41, 5.74) is -4.90. The van der Waals surface area contributed by atoms with Crippen LogP contribution < -0.4 is 5.32 Å². The molecule has 6 heteroatoms. The van der Waals surface area contributed by atoms with Gasteiger partial charge in [-0.2, -0.15) is 13.2 Å². The van der Waals surface area contributed by atoms with Crippen molar-refractivity contribution in [3.63, 3.8) is 0 Å². The van der Waals surface area contributed by atoms with E-state index in [1.165, 1.54) is 0 Å². The minimum atomic E-state index is -5.26. The predicted molar refractivity (Wildman–Crippen MR) is 44.8 cm³/mol. The number of fused-ring (bicyclic) bond motifs is 1. The number of benzene rings is 1. The molecule has 0 saturated heterocycles. The maximum atomic E-state index is 12.9.